The molecule has 0 spiro atoms. The van der Waals surface area contributed by atoms with Crippen LogP contribution in [0.2, 0.25) is 0 Å². The second kappa shape index (κ2) is 5.69. The molecule has 0 saturated carbocycles. The summed E-state index contributed by atoms with van der Waals surface area (Å²) in [6, 6.07) is 4.07. The molecule has 0 unspecified atom stereocenters. The second-order valence-electron chi connectivity index (χ2n) is 4.95. The van der Waals surface area contributed by atoms with E-state index < -0.39 is 23.3 Å². The van der Waals surface area contributed by atoms with Crippen LogP contribution in [0.4, 0.5) is 4.39 Å². The van der Waals surface area contributed by atoms with E-state index in [1.165, 1.54) is 24.1 Å². The Labute approximate surface area is 120 Å². The zero-order valence-electron chi connectivity index (χ0n) is 11.5. The summed E-state index contributed by atoms with van der Waals surface area (Å²) in [5, 5.41) is 18.8. The molecule has 1 saturated heterocycles. The summed E-state index contributed by atoms with van der Waals surface area (Å²) >= 11 is 0. The summed E-state index contributed by atoms with van der Waals surface area (Å²) in [6.07, 6.45) is -0.185. The van der Waals surface area contributed by atoms with Gasteiger partial charge in [-0.3, -0.25) is 4.79 Å². The Morgan fingerprint density at radius 3 is 2.48 bits per heavy atom. The smallest absolute Gasteiger partial charge is 0.335 e. The monoisotopic (exact) mass is 297 g/mol. The van der Waals surface area contributed by atoms with Gasteiger partial charge in [-0.25, -0.2) is 9.18 Å². The van der Waals surface area contributed by atoms with Crippen molar-refractivity contribution in [2.24, 2.45) is 0 Å². The third-order valence-electron chi connectivity index (χ3n) is 3.69. The molecule has 1 aliphatic rings. The van der Waals surface area contributed by atoms with Gasteiger partial charge in [-0.1, -0.05) is 6.07 Å². The quantitative estimate of drug-likeness (QED) is 0.865. The molecular formula is C14H16FNO5. The maximum Gasteiger partial charge on any atom is 0.335 e. The first kappa shape index (κ1) is 15.2. The molecule has 2 rings (SSSR count). The van der Waals surface area contributed by atoms with Gasteiger partial charge in [-0.05, 0) is 12.1 Å². The van der Waals surface area contributed by atoms with Crippen molar-refractivity contribution in [1.29, 1.82) is 0 Å². The van der Waals surface area contributed by atoms with E-state index in [1.54, 1.807) is 0 Å². The van der Waals surface area contributed by atoms with Gasteiger partial charge < -0.3 is 19.8 Å². The number of halogens is 1. The summed E-state index contributed by atoms with van der Waals surface area (Å²) in [5.41, 5.74) is -2.00. The molecule has 2 N–H and O–H groups in total. The van der Waals surface area contributed by atoms with Crippen molar-refractivity contribution in [1.82, 2.24) is 4.90 Å². The fourth-order valence-electron chi connectivity index (χ4n) is 2.33. The standard InChI is InChI=1S/C14H16FNO5/c1-21-10-4-2-3-9(15)11(10)12(17)16-7-5-14(20,6-8-16)13(18)19/h2-4,20H,5-8H2,1H3,(H,18,19). The molecule has 1 aromatic rings. The van der Waals surface area contributed by atoms with Crippen LogP contribution in [-0.4, -0.2) is 52.8 Å². The first-order valence-corrected chi connectivity index (χ1v) is 6.46. The number of hydrogen-bond acceptors (Lipinski definition) is 4. The number of amides is 1. The topological polar surface area (TPSA) is 87.1 Å². The molecule has 1 amide bonds. The number of ether oxygens (including phenoxy) is 1. The summed E-state index contributed by atoms with van der Waals surface area (Å²) in [5.74, 6) is -2.45. The van der Waals surface area contributed by atoms with Crippen LogP contribution in [-0.2, 0) is 4.79 Å². The van der Waals surface area contributed by atoms with Gasteiger partial charge >= 0.3 is 5.97 Å². The second-order valence-corrected chi connectivity index (χ2v) is 4.95. The molecule has 0 aliphatic carbocycles. The molecule has 0 atom stereocenters. The van der Waals surface area contributed by atoms with Crippen molar-refractivity contribution >= 4 is 11.9 Å². The van der Waals surface area contributed by atoms with Crippen LogP contribution in [0, 0.1) is 5.82 Å². The first-order chi connectivity index (χ1) is 9.89. The number of carbonyl (C=O) groups excluding carboxylic acids is 1. The Kier molecular flexibility index (Phi) is 4.13. The van der Waals surface area contributed by atoms with Gasteiger partial charge in [0.05, 0.1) is 7.11 Å². The molecule has 7 heteroatoms. The minimum atomic E-state index is -1.82. The number of aliphatic hydroxyl groups is 1. The Bertz CT molecular complexity index is 566. The van der Waals surface area contributed by atoms with E-state index in [2.05, 4.69) is 0 Å². The number of carboxylic acids is 1. The summed E-state index contributed by atoms with van der Waals surface area (Å²) < 4.78 is 18.8. The van der Waals surface area contributed by atoms with Crippen molar-refractivity contribution in [3.05, 3.63) is 29.6 Å². The fourth-order valence-corrected chi connectivity index (χ4v) is 2.33. The van der Waals surface area contributed by atoms with Crippen molar-refractivity contribution in [2.75, 3.05) is 20.2 Å². The average molecular weight is 297 g/mol. The highest BCUT2D eigenvalue weighted by atomic mass is 19.1. The lowest BCUT2D eigenvalue weighted by atomic mass is 9.91. The number of nitrogens with zero attached hydrogens (tertiary/aromatic N) is 1. The fraction of sp³-hybridized carbons (Fsp3) is 0.429. The Hall–Kier alpha value is -2.15. The predicted octanol–water partition coefficient (Wildman–Crippen LogP) is 0.886. The van der Waals surface area contributed by atoms with Crippen LogP contribution >= 0.6 is 0 Å². The summed E-state index contributed by atoms with van der Waals surface area (Å²) in [7, 11) is 1.34. The van der Waals surface area contributed by atoms with E-state index in [-0.39, 0.29) is 37.2 Å². The average Bonchev–Trinajstić information content (AvgIpc) is 2.47. The zero-order chi connectivity index (χ0) is 15.6. The number of piperidine rings is 1. The third kappa shape index (κ3) is 2.82. The number of carbonyl (C=O) groups is 2. The number of methoxy groups -OCH3 is 1. The number of carboxylic acid groups (broad SMARTS) is 1. The molecule has 0 bridgehead atoms. The van der Waals surface area contributed by atoms with Gasteiger partial charge in [0.1, 0.15) is 17.1 Å². The van der Waals surface area contributed by atoms with E-state index in [4.69, 9.17) is 9.84 Å². The highest BCUT2D eigenvalue weighted by Gasteiger charge is 2.41. The number of likely N-dealkylation sites (tertiary alicyclic amines) is 1. The molecule has 114 valence electrons. The van der Waals surface area contributed by atoms with Crippen LogP contribution in [0.15, 0.2) is 18.2 Å². The number of rotatable bonds is 3. The SMILES string of the molecule is COc1cccc(F)c1C(=O)N1CCC(O)(C(=O)O)CC1. The third-order valence-corrected chi connectivity index (χ3v) is 3.69. The minimum absolute atomic E-state index is 0.0408. The number of aliphatic carboxylic acids is 1. The lowest BCUT2D eigenvalue weighted by Crippen LogP contribution is -2.51. The molecule has 6 nitrogen and oxygen atoms in total. The van der Waals surface area contributed by atoms with Gasteiger partial charge in [0.25, 0.3) is 5.91 Å². The van der Waals surface area contributed by atoms with Crippen LogP contribution < -0.4 is 4.74 Å². The largest absolute Gasteiger partial charge is 0.496 e. The van der Waals surface area contributed by atoms with E-state index >= 15 is 0 Å². The highest BCUT2D eigenvalue weighted by Crippen LogP contribution is 2.27. The van der Waals surface area contributed by atoms with Gasteiger partial charge in [0.2, 0.25) is 0 Å². The highest BCUT2D eigenvalue weighted by molar-refractivity contribution is 5.97. The molecule has 1 fully saturated rings. The molecule has 0 radical (unpaired) electrons. The van der Waals surface area contributed by atoms with Crippen molar-refractivity contribution in [3.63, 3.8) is 0 Å². The molecule has 0 aromatic heterocycles. The maximum atomic E-state index is 13.9. The van der Waals surface area contributed by atoms with Gasteiger partial charge in [0, 0.05) is 25.9 Å². The van der Waals surface area contributed by atoms with E-state index in [0.29, 0.717) is 0 Å². The van der Waals surface area contributed by atoms with Crippen molar-refractivity contribution < 1.29 is 28.9 Å². The molecule has 1 heterocycles. The van der Waals surface area contributed by atoms with Gasteiger partial charge in [0.15, 0.2) is 5.60 Å². The van der Waals surface area contributed by atoms with E-state index in [1.807, 2.05) is 0 Å². The van der Waals surface area contributed by atoms with Crippen LogP contribution in [0.3, 0.4) is 0 Å². The Morgan fingerprint density at radius 2 is 1.95 bits per heavy atom. The van der Waals surface area contributed by atoms with Crippen LogP contribution in [0.25, 0.3) is 0 Å². The first-order valence-electron chi connectivity index (χ1n) is 6.46. The molecule has 1 aromatic carbocycles. The number of benzene rings is 1. The lowest BCUT2D eigenvalue weighted by Gasteiger charge is -2.35. The Balaban J connectivity index is 2.18. The Morgan fingerprint density at radius 1 is 1.33 bits per heavy atom. The molecule has 1 aliphatic heterocycles. The minimum Gasteiger partial charge on any atom is -0.496 e. The molecular weight excluding hydrogens is 281 g/mol. The zero-order valence-corrected chi connectivity index (χ0v) is 11.5. The van der Waals surface area contributed by atoms with Crippen molar-refractivity contribution in [3.8, 4) is 5.75 Å². The summed E-state index contributed by atoms with van der Waals surface area (Å²) in [6.45, 7) is 0.0816. The van der Waals surface area contributed by atoms with E-state index in [0.717, 1.165) is 6.07 Å². The van der Waals surface area contributed by atoms with Crippen molar-refractivity contribution in [2.45, 2.75) is 18.4 Å². The lowest BCUT2D eigenvalue weighted by molar-refractivity contribution is -0.162. The number of hydrogen-bond donors (Lipinski definition) is 2. The summed E-state index contributed by atoms with van der Waals surface area (Å²) in [4.78, 5) is 24.6. The van der Waals surface area contributed by atoms with Gasteiger partial charge in [-0.2, -0.15) is 0 Å². The van der Waals surface area contributed by atoms with E-state index in [9.17, 15) is 19.1 Å². The van der Waals surface area contributed by atoms with Gasteiger partial charge in [-0.15, -0.1) is 0 Å². The molecule has 21 heavy (non-hydrogen) atoms. The van der Waals surface area contributed by atoms with Crippen LogP contribution in [0.5, 0.6) is 5.75 Å². The predicted molar refractivity (Wildman–Crippen MR) is 70.7 cm³/mol. The van der Waals surface area contributed by atoms with Crippen LogP contribution in [0.1, 0.15) is 23.2 Å². The normalized spacial score (nSPS) is 17.4. The maximum absolute atomic E-state index is 13.9.